The number of aromatic amines is 1. The van der Waals surface area contributed by atoms with E-state index in [1.54, 1.807) is 7.05 Å². The number of nitrogens with one attached hydrogen (secondary N) is 1. The molecule has 0 saturated carbocycles. The molecule has 6 heteroatoms. The van der Waals surface area contributed by atoms with Gasteiger partial charge in [0.25, 0.3) is 0 Å². The SMILES string of the molecule is C.CN=c1n[c-]c2c([nH]1)-c1ccccc1C(C)=NC2.[B].[Re]. The minimum Gasteiger partial charge on any atom is -0.429 e. The van der Waals surface area contributed by atoms with Crippen molar-refractivity contribution in [2.45, 2.75) is 20.9 Å². The molecule has 0 bridgehead atoms. The molecular weight excluding hydrogens is 433 g/mol. The van der Waals surface area contributed by atoms with E-state index in [1.807, 2.05) is 19.1 Å². The van der Waals surface area contributed by atoms with E-state index in [1.165, 1.54) is 0 Å². The summed E-state index contributed by atoms with van der Waals surface area (Å²) in [5, 5.41) is 0. The maximum atomic E-state index is 4.56. The molecule has 1 aromatic heterocycles. The van der Waals surface area contributed by atoms with Gasteiger partial charge in [-0.15, -0.1) is 0 Å². The van der Waals surface area contributed by atoms with Crippen LogP contribution in [0.4, 0.5) is 0 Å². The molecule has 2 aromatic rings. The molecule has 0 unspecified atom stereocenters. The summed E-state index contributed by atoms with van der Waals surface area (Å²) >= 11 is 0. The van der Waals surface area contributed by atoms with Gasteiger partial charge in [0.15, 0.2) is 0 Å². The topological polar surface area (TPSA) is 53.4 Å². The fraction of sp³-hybridized carbons (Fsp3) is 0.267. The predicted molar refractivity (Wildman–Crippen MR) is 82.7 cm³/mol. The van der Waals surface area contributed by atoms with Gasteiger partial charge in [0.05, 0.1) is 0 Å². The number of hydrogen-bond donors (Lipinski definition) is 1. The average molecular weight is 450 g/mol. The van der Waals surface area contributed by atoms with Crippen molar-refractivity contribution < 1.29 is 20.4 Å². The molecule has 3 rings (SSSR count). The van der Waals surface area contributed by atoms with Gasteiger partial charge in [-0.3, -0.25) is 4.99 Å². The standard InChI is InChI=1S/C14H13N4.CH4.B.Re/c1-9-11-5-3-4-6-12(11)13-10(7-16-9)8-17-14(15-2)18-13;;;/h3-6H,7H2,1-2H3,(H,15,17,18);1H4;;/q-1;;;. The summed E-state index contributed by atoms with van der Waals surface area (Å²) in [6.07, 6.45) is 3.03. The van der Waals surface area contributed by atoms with Crippen LogP contribution in [0.1, 0.15) is 25.5 Å². The van der Waals surface area contributed by atoms with Crippen molar-refractivity contribution in [2.24, 2.45) is 9.98 Å². The molecule has 1 aliphatic rings. The summed E-state index contributed by atoms with van der Waals surface area (Å²) in [6, 6.07) is 8.22. The maximum absolute atomic E-state index is 4.56. The number of nitrogens with zero attached hydrogens (tertiary/aromatic N) is 3. The normalized spacial score (nSPS) is 12.5. The first-order valence-corrected chi connectivity index (χ1v) is 5.84. The third-order valence-electron chi connectivity index (χ3n) is 3.11. The number of aromatic nitrogens is 2. The van der Waals surface area contributed by atoms with E-state index in [0.29, 0.717) is 12.2 Å². The number of fused-ring (bicyclic) bond motifs is 3. The first-order valence-electron chi connectivity index (χ1n) is 5.84. The first-order chi connectivity index (χ1) is 8.79. The van der Waals surface area contributed by atoms with E-state index in [4.69, 9.17) is 0 Å². The molecule has 4 nitrogen and oxygen atoms in total. The van der Waals surface area contributed by atoms with Gasteiger partial charge in [-0.1, -0.05) is 49.1 Å². The smallest absolute Gasteiger partial charge is 0.107 e. The largest absolute Gasteiger partial charge is 0.429 e. The summed E-state index contributed by atoms with van der Waals surface area (Å²) in [5.41, 5.74) is 5.90. The third kappa shape index (κ3) is 3.58. The van der Waals surface area contributed by atoms with Crippen molar-refractivity contribution >= 4 is 14.1 Å². The van der Waals surface area contributed by atoms with Crippen molar-refractivity contribution in [3.8, 4) is 11.3 Å². The quantitative estimate of drug-likeness (QED) is 0.485. The van der Waals surface area contributed by atoms with Gasteiger partial charge in [0, 0.05) is 48.1 Å². The molecule has 1 N–H and O–H groups in total. The molecule has 0 atom stereocenters. The molecule has 0 saturated heterocycles. The Bertz CT molecular complexity index is 707. The van der Waals surface area contributed by atoms with Gasteiger partial charge in [0.1, 0.15) is 5.62 Å². The fourth-order valence-electron chi connectivity index (χ4n) is 2.14. The predicted octanol–water partition coefficient (Wildman–Crippen LogP) is 1.98. The number of H-pyrrole nitrogens is 1. The Morgan fingerprint density at radius 3 is 2.57 bits per heavy atom. The van der Waals surface area contributed by atoms with Crippen LogP contribution in [-0.2, 0) is 27.0 Å². The molecule has 2 heterocycles. The van der Waals surface area contributed by atoms with Crippen molar-refractivity contribution in [3.63, 3.8) is 0 Å². The van der Waals surface area contributed by atoms with Crippen LogP contribution in [0.15, 0.2) is 34.3 Å². The Morgan fingerprint density at radius 1 is 1.24 bits per heavy atom. The van der Waals surface area contributed by atoms with E-state index in [-0.39, 0.29) is 36.3 Å². The third-order valence-corrected chi connectivity index (χ3v) is 3.11. The Kier molecular flexibility index (Phi) is 7.49. The minimum absolute atomic E-state index is 0. The second kappa shape index (κ2) is 8.07. The summed E-state index contributed by atoms with van der Waals surface area (Å²) < 4.78 is 0. The Morgan fingerprint density at radius 2 is 1.90 bits per heavy atom. The zero-order chi connectivity index (χ0) is 12.5. The molecule has 1 aromatic carbocycles. The molecular formula is C15H17BN4Re-. The van der Waals surface area contributed by atoms with E-state index < -0.39 is 0 Å². The van der Waals surface area contributed by atoms with Gasteiger partial charge in [-0.2, -0.15) is 0 Å². The maximum Gasteiger partial charge on any atom is 0.107 e. The van der Waals surface area contributed by atoms with Gasteiger partial charge >= 0.3 is 0 Å². The molecule has 108 valence electrons. The van der Waals surface area contributed by atoms with Crippen molar-refractivity contribution in [2.75, 3.05) is 7.05 Å². The molecule has 0 aliphatic carbocycles. The van der Waals surface area contributed by atoms with E-state index in [0.717, 1.165) is 28.1 Å². The summed E-state index contributed by atoms with van der Waals surface area (Å²) in [4.78, 5) is 16.0. The van der Waals surface area contributed by atoms with Gasteiger partial charge in [0.2, 0.25) is 0 Å². The first kappa shape index (κ1) is 19.5. The fourth-order valence-corrected chi connectivity index (χ4v) is 2.14. The van der Waals surface area contributed by atoms with Crippen LogP contribution < -0.4 is 5.62 Å². The molecule has 21 heavy (non-hydrogen) atoms. The molecule has 0 fully saturated rings. The van der Waals surface area contributed by atoms with Gasteiger partial charge in [-0.05, 0) is 18.1 Å². The Labute approximate surface area is 141 Å². The van der Waals surface area contributed by atoms with Crippen LogP contribution in [0, 0.1) is 6.20 Å². The number of aliphatic imine (C=N–C) groups is 1. The Hall–Kier alpha value is -1.50. The van der Waals surface area contributed by atoms with Crippen LogP contribution in [0.3, 0.4) is 0 Å². The number of rotatable bonds is 0. The summed E-state index contributed by atoms with van der Waals surface area (Å²) in [6.45, 7) is 2.63. The number of benzene rings is 1. The van der Waals surface area contributed by atoms with E-state index in [2.05, 4.69) is 38.3 Å². The molecule has 4 radical (unpaired) electrons. The summed E-state index contributed by atoms with van der Waals surface area (Å²) in [7, 11) is 1.71. The van der Waals surface area contributed by atoms with Crippen LogP contribution in [0.25, 0.3) is 11.3 Å². The van der Waals surface area contributed by atoms with Gasteiger partial charge < -0.3 is 15.0 Å². The van der Waals surface area contributed by atoms with Gasteiger partial charge in [-0.25, -0.2) is 0 Å². The molecule has 1 aliphatic heterocycles. The zero-order valence-corrected chi connectivity index (χ0v) is 14.0. The molecule has 0 amide bonds. The zero-order valence-electron chi connectivity index (χ0n) is 11.3. The van der Waals surface area contributed by atoms with Crippen molar-refractivity contribution in [1.29, 1.82) is 0 Å². The summed E-state index contributed by atoms with van der Waals surface area (Å²) in [5.74, 6) is 0. The second-order valence-corrected chi connectivity index (χ2v) is 4.20. The monoisotopic (exact) mass is 451 g/mol. The van der Waals surface area contributed by atoms with E-state index >= 15 is 0 Å². The van der Waals surface area contributed by atoms with Crippen LogP contribution in [0.2, 0.25) is 0 Å². The number of hydrogen-bond acceptors (Lipinski definition) is 3. The second-order valence-electron chi connectivity index (χ2n) is 4.20. The minimum atomic E-state index is 0. The van der Waals surface area contributed by atoms with E-state index in [9.17, 15) is 0 Å². The van der Waals surface area contributed by atoms with Crippen LogP contribution in [0.5, 0.6) is 0 Å². The molecule has 0 spiro atoms. The van der Waals surface area contributed by atoms with Crippen LogP contribution >= 0.6 is 0 Å². The Balaban J connectivity index is 0.00000133. The van der Waals surface area contributed by atoms with Crippen molar-refractivity contribution in [1.82, 2.24) is 9.97 Å². The average Bonchev–Trinajstić information content (AvgIpc) is 2.57. The van der Waals surface area contributed by atoms with Crippen LogP contribution in [-0.4, -0.2) is 31.1 Å². The van der Waals surface area contributed by atoms with Crippen molar-refractivity contribution in [3.05, 3.63) is 47.2 Å².